The molecule has 0 spiro atoms. The van der Waals surface area contributed by atoms with E-state index in [9.17, 15) is 0 Å². The lowest BCUT2D eigenvalue weighted by atomic mass is 10.1. The molecule has 1 aromatic heterocycles. The standard InChI is InChI=1S/C18H16Cl2N2O/c19-14-10-13(22-5-7-23-8-6-22)11-15(20)18(14)17-9-12-3-1-2-4-16(12)21-17/h1-4,9-11,21H,5-8H2. The van der Waals surface area contributed by atoms with Crippen LogP contribution < -0.4 is 4.90 Å². The number of para-hydroxylation sites is 1. The second-order valence-corrected chi connectivity index (χ2v) is 6.47. The van der Waals surface area contributed by atoms with Gasteiger partial charge in [-0.15, -0.1) is 0 Å². The van der Waals surface area contributed by atoms with Crippen LogP contribution in [-0.4, -0.2) is 31.3 Å². The second-order valence-electron chi connectivity index (χ2n) is 5.65. The van der Waals surface area contributed by atoms with E-state index < -0.39 is 0 Å². The lowest BCUT2D eigenvalue weighted by Gasteiger charge is -2.29. The predicted octanol–water partition coefficient (Wildman–Crippen LogP) is 4.98. The second kappa shape index (κ2) is 6.08. The van der Waals surface area contributed by atoms with Crippen LogP contribution in [0.25, 0.3) is 22.2 Å². The summed E-state index contributed by atoms with van der Waals surface area (Å²) in [7, 11) is 0. The fraction of sp³-hybridized carbons (Fsp3) is 0.222. The van der Waals surface area contributed by atoms with Gasteiger partial charge in [-0.1, -0.05) is 41.4 Å². The molecule has 0 unspecified atom stereocenters. The van der Waals surface area contributed by atoms with E-state index in [1.165, 1.54) is 0 Å². The molecule has 0 saturated carbocycles. The first-order valence-electron chi connectivity index (χ1n) is 7.62. The van der Waals surface area contributed by atoms with Crippen LogP contribution >= 0.6 is 23.2 Å². The van der Waals surface area contributed by atoms with Crippen molar-refractivity contribution in [2.24, 2.45) is 0 Å². The zero-order valence-corrected chi connectivity index (χ0v) is 14.0. The van der Waals surface area contributed by atoms with Gasteiger partial charge in [-0.2, -0.15) is 0 Å². The van der Waals surface area contributed by atoms with E-state index in [4.69, 9.17) is 27.9 Å². The van der Waals surface area contributed by atoms with Gasteiger partial charge in [0.05, 0.1) is 23.3 Å². The summed E-state index contributed by atoms with van der Waals surface area (Å²) in [4.78, 5) is 5.64. The van der Waals surface area contributed by atoms with Crippen molar-refractivity contribution >= 4 is 39.8 Å². The maximum absolute atomic E-state index is 6.55. The third-order valence-corrected chi connectivity index (χ3v) is 4.80. The number of hydrogen-bond donors (Lipinski definition) is 1. The molecule has 3 nitrogen and oxygen atoms in total. The van der Waals surface area contributed by atoms with Crippen molar-refractivity contribution in [2.45, 2.75) is 0 Å². The molecule has 3 aromatic rings. The van der Waals surface area contributed by atoms with Gasteiger partial charge in [-0.3, -0.25) is 0 Å². The van der Waals surface area contributed by atoms with Crippen LogP contribution in [-0.2, 0) is 4.74 Å². The largest absolute Gasteiger partial charge is 0.378 e. The fourth-order valence-corrected chi connectivity index (χ4v) is 3.71. The minimum Gasteiger partial charge on any atom is -0.378 e. The number of H-pyrrole nitrogens is 1. The average Bonchev–Trinajstić information content (AvgIpc) is 2.98. The summed E-state index contributed by atoms with van der Waals surface area (Å²) >= 11 is 13.1. The number of nitrogens with one attached hydrogen (secondary N) is 1. The topological polar surface area (TPSA) is 28.3 Å². The Balaban J connectivity index is 1.76. The number of benzene rings is 2. The summed E-state index contributed by atoms with van der Waals surface area (Å²) in [5.41, 5.74) is 3.91. The number of hydrogen-bond acceptors (Lipinski definition) is 2. The fourth-order valence-electron chi connectivity index (χ4n) is 3.03. The van der Waals surface area contributed by atoms with Gasteiger partial charge in [-0.05, 0) is 24.3 Å². The lowest BCUT2D eigenvalue weighted by Crippen LogP contribution is -2.36. The Morgan fingerprint density at radius 3 is 2.35 bits per heavy atom. The Hall–Kier alpha value is -1.68. The molecule has 23 heavy (non-hydrogen) atoms. The molecule has 0 amide bonds. The van der Waals surface area contributed by atoms with Crippen LogP contribution in [0.3, 0.4) is 0 Å². The molecule has 1 N–H and O–H groups in total. The molecule has 118 valence electrons. The van der Waals surface area contributed by atoms with E-state index in [1.54, 1.807) is 0 Å². The maximum atomic E-state index is 6.55. The van der Waals surface area contributed by atoms with Crippen LogP contribution in [0.1, 0.15) is 0 Å². The van der Waals surface area contributed by atoms with Crippen molar-refractivity contribution < 1.29 is 4.74 Å². The summed E-state index contributed by atoms with van der Waals surface area (Å²) in [6.45, 7) is 3.19. The summed E-state index contributed by atoms with van der Waals surface area (Å²) in [5.74, 6) is 0. The summed E-state index contributed by atoms with van der Waals surface area (Å²) < 4.78 is 5.40. The minimum atomic E-state index is 0.658. The zero-order valence-electron chi connectivity index (χ0n) is 12.5. The Morgan fingerprint density at radius 1 is 0.957 bits per heavy atom. The molecule has 1 aliphatic rings. The number of anilines is 1. The molecule has 2 heterocycles. The van der Waals surface area contributed by atoms with Gasteiger partial charge >= 0.3 is 0 Å². The first kappa shape index (κ1) is 14.9. The first-order chi connectivity index (χ1) is 11.2. The van der Waals surface area contributed by atoms with Gasteiger partial charge in [0.25, 0.3) is 0 Å². The van der Waals surface area contributed by atoms with E-state index in [1.807, 2.05) is 30.3 Å². The monoisotopic (exact) mass is 346 g/mol. The van der Waals surface area contributed by atoms with Crippen molar-refractivity contribution in [2.75, 3.05) is 31.2 Å². The molecule has 1 aliphatic heterocycles. The van der Waals surface area contributed by atoms with Crippen LogP contribution in [0, 0.1) is 0 Å². The molecule has 4 rings (SSSR count). The Bertz CT molecular complexity index is 797. The number of aromatic nitrogens is 1. The highest BCUT2D eigenvalue weighted by molar-refractivity contribution is 6.39. The minimum absolute atomic E-state index is 0.658. The van der Waals surface area contributed by atoms with E-state index >= 15 is 0 Å². The van der Waals surface area contributed by atoms with Crippen molar-refractivity contribution in [3.05, 3.63) is 52.5 Å². The average molecular weight is 347 g/mol. The third-order valence-electron chi connectivity index (χ3n) is 4.20. The number of morpholine rings is 1. The molecule has 5 heteroatoms. The SMILES string of the molecule is Clc1cc(N2CCOCC2)cc(Cl)c1-c1cc2ccccc2[nH]1. The van der Waals surface area contributed by atoms with Gasteiger partial charge < -0.3 is 14.6 Å². The number of halogens is 2. The molecule has 0 bridgehead atoms. The van der Waals surface area contributed by atoms with Crippen molar-refractivity contribution in [1.82, 2.24) is 4.98 Å². The zero-order chi connectivity index (χ0) is 15.8. The normalized spacial score (nSPS) is 15.3. The van der Waals surface area contributed by atoms with Crippen LogP contribution in [0.15, 0.2) is 42.5 Å². The Labute approximate surface area is 144 Å². The van der Waals surface area contributed by atoms with E-state index in [0.717, 1.165) is 54.2 Å². The van der Waals surface area contributed by atoms with Crippen molar-refractivity contribution in [1.29, 1.82) is 0 Å². The van der Waals surface area contributed by atoms with E-state index in [0.29, 0.717) is 10.0 Å². The quantitative estimate of drug-likeness (QED) is 0.708. The molecular weight excluding hydrogens is 331 g/mol. The predicted molar refractivity (Wildman–Crippen MR) is 96.8 cm³/mol. The highest BCUT2D eigenvalue weighted by Crippen LogP contribution is 2.39. The first-order valence-corrected chi connectivity index (χ1v) is 8.38. The van der Waals surface area contributed by atoms with Gasteiger partial charge in [0, 0.05) is 40.9 Å². The lowest BCUT2D eigenvalue weighted by molar-refractivity contribution is 0.122. The number of fused-ring (bicyclic) bond motifs is 1. The molecule has 0 aliphatic carbocycles. The van der Waals surface area contributed by atoms with Crippen LogP contribution in [0.4, 0.5) is 5.69 Å². The van der Waals surface area contributed by atoms with Gasteiger partial charge in [0.1, 0.15) is 0 Å². The van der Waals surface area contributed by atoms with Crippen molar-refractivity contribution in [3.63, 3.8) is 0 Å². The Kier molecular flexibility index (Phi) is 3.93. The molecular formula is C18H16Cl2N2O. The smallest absolute Gasteiger partial charge is 0.0642 e. The highest BCUT2D eigenvalue weighted by Gasteiger charge is 2.17. The highest BCUT2D eigenvalue weighted by atomic mass is 35.5. The molecule has 2 aromatic carbocycles. The van der Waals surface area contributed by atoms with Gasteiger partial charge in [0.2, 0.25) is 0 Å². The molecule has 1 fully saturated rings. The number of aromatic amines is 1. The van der Waals surface area contributed by atoms with E-state index in [-0.39, 0.29) is 0 Å². The maximum Gasteiger partial charge on any atom is 0.0642 e. The number of rotatable bonds is 2. The van der Waals surface area contributed by atoms with Gasteiger partial charge in [-0.25, -0.2) is 0 Å². The van der Waals surface area contributed by atoms with Crippen LogP contribution in [0.2, 0.25) is 10.0 Å². The molecule has 1 saturated heterocycles. The molecule has 0 radical (unpaired) electrons. The van der Waals surface area contributed by atoms with Crippen molar-refractivity contribution in [3.8, 4) is 11.3 Å². The summed E-state index contributed by atoms with van der Waals surface area (Å²) in [6, 6.07) is 14.2. The van der Waals surface area contributed by atoms with Gasteiger partial charge in [0.15, 0.2) is 0 Å². The summed E-state index contributed by atoms with van der Waals surface area (Å²) in [6.07, 6.45) is 0. The van der Waals surface area contributed by atoms with E-state index in [2.05, 4.69) is 22.0 Å². The summed E-state index contributed by atoms with van der Waals surface area (Å²) in [5, 5.41) is 2.46. The molecule has 0 atom stereocenters. The Morgan fingerprint density at radius 2 is 1.65 bits per heavy atom. The number of nitrogens with zero attached hydrogens (tertiary/aromatic N) is 1. The number of ether oxygens (including phenoxy) is 1. The third kappa shape index (κ3) is 2.80. The van der Waals surface area contributed by atoms with Crippen LogP contribution in [0.5, 0.6) is 0 Å².